The van der Waals surface area contributed by atoms with Gasteiger partial charge in [0.15, 0.2) is 0 Å². The summed E-state index contributed by atoms with van der Waals surface area (Å²) < 4.78 is 0. The minimum atomic E-state index is 0.828. The molecular weight excluding hydrogens is 146 g/mol. The molecule has 1 unspecified atom stereocenters. The molecular formula is C11H25N. The second-order valence-electron chi connectivity index (χ2n) is 4.17. The van der Waals surface area contributed by atoms with E-state index in [1.807, 2.05) is 0 Å². The topological polar surface area (TPSA) is 3.24 Å². The zero-order valence-electron chi connectivity index (χ0n) is 9.43. The van der Waals surface area contributed by atoms with E-state index >= 15 is 0 Å². The summed E-state index contributed by atoms with van der Waals surface area (Å²) in [5.41, 5.74) is 0. The molecule has 0 fully saturated rings. The Balaban J connectivity index is 3.69. The van der Waals surface area contributed by atoms with Crippen molar-refractivity contribution in [2.45, 2.75) is 40.5 Å². The van der Waals surface area contributed by atoms with Crippen LogP contribution in [0.3, 0.4) is 0 Å². The van der Waals surface area contributed by atoms with E-state index in [1.54, 1.807) is 0 Å². The highest BCUT2D eigenvalue weighted by Gasteiger charge is 2.12. The summed E-state index contributed by atoms with van der Waals surface area (Å²) in [6.07, 6.45) is 2.58. The molecule has 0 amide bonds. The van der Waals surface area contributed by atoms with Crippen LogP contribution in [-0.4, -0.2) is 25.0 Å². The minimum Gasteiger partial charge on any atom is -0.306 e. The van der Waals surface area contributed by atoms with Crippen molar-refractivity contribution in [3.8, 4) is 0 Å². The standard InChI is InChI=1S/C11H25N/c1-6-8-12(5)9-11(7-2)10(3)4/h10-11H,6-9H2,1-5H3. The minimum absolute atomic E-state index is 0.828. The fourth-order valence-electron chi connectivity index (χ4n) is 1.68. The molecule has 0 aliphatic heterocycles. The molecule has 0 aromatic carbocycles. The average molecular weight is 171 g/mol. The first kappa shape index (κ1) is 12.0. The van der Waals surface area contributed by atoms with E-state index in [9.17, 15) is 0 Å². The Morgan fingerprint density at radius 2 is 1.75 bits per heavy atom. The third-order valence-corrected chi connectivity index (χ3v) is 2.62. The lowest BCUT2D eigenvalue weighted by Gasteiger charge is -2.25. The quantitative estimate of drug-likeness (QED) is 0.594. The first-order valence-corrected chi connectivity index (χ1v) is 5.30. The summed E-state index contributed by atoms with van der Waals surface area (Å²) in [6, 6.07) is 0. The van der Waals surface area contributed by atoms with Crippen LogP contribution in [0.25, 0.3) is 0 Å². The van der Waals surface area contributed by atoms with Crippen molar-refractivity contribution in [3.63, 3.8) is 0 Å². The fraction of sp³-hybridized carbons (Fsp3) is 1.00. The van der Waals surface area contributed by atoms with Crippen LogP contribution >= 0.6 is 0 Å². The van der Waals surface area contributed by atoms with Gasteiger partial charge in [-0.2, -0.15) is 0 Å². The summed E-state index contributed by atoms with van der Waals surface area (Å²) in [5, 5.41) is 0. The van der Waals surface area contributed by atoms with Gasteiger partial charge in [0.1, 0.15) is 0 Å². The van der Waals surface area contributed by atoms with Crippen LogP contribution < -0.4 is 0 Å². The number of rotatable bonds is 6. The highest BCUT2D eigenvalue weighted by Crippen LogP contribution is 2.15. The van der Waals surface area contributed by atoms with E-state index in [2.05, 4.69) is 39.6 Å². The Labute approximate surface area is 78.1 Å². The molecule has 0 aromatic heterocycles. The van der Waals surface area contributed by atoms with Gasteiger partial charge in [0.25, 0.3) is 0 Å². The summed E-state index contributed by atoms with van der Waals surface area (Å²) in [5.74, 6) is 1.70. The monoisotopic (exact) mass is 171 g/mol. The van der Waals surface area contributed by atoms with Gasteiger partial charge in [0.2, 0.25) is 0 Å². The summed E-state index contributed by atoms with van der Waals surface area (Å²) in [7, 11) is 2.23. The van der Waals surface area contributed by atoms with E-state index in [0.717, 1.165) is 11.8 Å². The van der Waals surface area contributed by atoms with E-state index < -0.39 is 0 Å². The largest absolute Gasteiger partial charge is 0.306 e. The van der Waals surface area contributed by atoms with Crippen LogP contribution in [0.5, 0.6) is 0 Å². The van der Waals surface area contributed by atoms with E-state index in [1.165, 1.54) is 25.9 Å². The van der Waals surface area contributed by atoms with Crippen LogP contribution in [0.2, 0.25) is 0 Å². The first-order valence-electron chi connectivity index (χ1n) is 5.30. The second-order valence-corrected chi connectivity index (χ2v) is 4.17. The molecule has 0 rings (SSSR count). The summed E-state index contributed by atoms with van der Waals surface area (Å²) >= 11 is 0. The lowest BCUT2D eigenvalue weighted by molar-refractivity contribution is 0.231. The molecule has 1 atom stereocenters. The highest BCUT2D eigenvalue weighted by atomic mass is 15.1. The normalized spacial score (nSPS) is 14.2. The fourth-order valence-corrected chi connectivity index (χ4v) is 1.68. The molecule has 0 aliphatic rings. The van der Waals surface area contributed by atoms with Gasteiger partial charge in [-0.15, -0.1) is 0 Å². The Morgan fingerprint density at radius 1 is 1.17 bits per heavy atom. The van der Waals surface area contributed by atoms with Crippen LogP contribution in [0.4, 0.5) is 0 Å². The SMILES string of the molecule is CCCN(C)CC(CC)C(C)C. The maximum Gasteiger partial charge on any atom is 0.000895 e. The van der Waals surface area contributed by atoms with Crippen LogP contribution in [0.1, 0.15) is 40.5 Å². The number of hydrogen-bond acceptors (Lipinski definition) is 1. The smallest absolute Gasteiger partial charge is 0.000895 e. The van der Waals surface area contributed by atoms with Gasteiger partial charge in [0.05, 0.1) is 0 Å². The van der Waals surface area contributed by atoms with Crippen molar-refractivity contribution in [2.75, 3.05) is 20.1 Å². The Bertz CT molecular complexity index is 99.2. The predicted molar refractivity (Wildman–Crippen MR) is 56.4 cm³/mol. The van der Waals surface area contributed by atoms with Gasteiger partial charge in [-0.25, -0.2) is 0 Å². The maximum absolute atomic E-state index is 2.45. The van der Waals surface area contributed by atoms with Crippen LogP contribution in [0.15, 0.2) is 0 Å². The number of hydrogen-bond donors (Lipinski definition) is 0. The van der Waals surface area contributed by atoms with Crippen molar-refractivity contribution < 1.29 is 0 Å². The molecule has 0 aromatic rings. The lowest BCUT2D eigenvalue weighted by atomic mass is 9.93. The maximum atomic E-state index is 2.45. The van der Waals surface area contributed by atoms with Gasteiger partial charge < -0.3 is 4.90 Å². The summed E-state index contributed by atoms with van der Waals surface area (Å²) in [6.45, 7) is 11.7. The Kier molecular flexibility index (Phi) is 6.45. The zero-order chi connectivity index (χ0) is 9.56. The predicted octanol–water partition coefficient (Wildman–Crippen LogP) is 3.01. The summed E-state index contributed by atoms with van der Waals surface area (Å²) in [4.78, 5) is 2.45. The van der Waals surface area contributed by atoms with Crippen molar-refractivity contribution >= 4 is 0 Å². The third-order valence-electron chi connectivity index (χ3n) is 2.62. The molecule has 12 heavy (non-hydrogen) atoms. The molecule has 0 heterocycles. The average Bonchev–Trinajstić information content (AvgIpc) is 2.00. The lowest BCUT2D eigenvalue weighted by Crippen LogP contribution is -2.28. The number of nitrogens with zero attached hydrogens (tertiary/aromatic N) is 1. The highest BCUT2D eigenvalue weighted by molar-refractivity contribution is 4.65. The van der Waals surface area contributed by atoms with E-state index in [4.69, 9.17) is 0 Å². The molecule has 0 saturated heterocycles. The molecule has 0 N–H and O–H groups in total. The Hall–Kier alpha value is -0.0400. The van der Waals surface area contributed by atoms with E-state index in [0.29, 0.717) is 0 Å². The Morgan fingerprint density at radius 3 is 2.08 bits per heavy atom. The van der Waals surface area contributed by atoms with Gasteiger partial charge in [0, 0.05) is 6.54 Å². The zero-order valence-corrected chi connectivity index (χ0v) is 9.43. The van der Waals surface area contributed by atoms with Crippen LogP contribution in [-0.2, 0) is 0 Å². The molecule has 0 aliphatic carbocycles. The molecule has 1 nitrogen and oxygen atoms in total. The van der Waals surface area contributed by atoms with Crippen molar-refractivity contribution in [1.82, 2.24) is 4.90 Å². The van der Waals surface area contributed by atoms with Crippen molar-refractivity contribution in [1.29, 1.82) is 0 Å². The third kappa shape index (κ3) is 4.76. The van der Waals surface area contributed by atoms with Gasteiger partial charge >= 0.3 is 0 Å². The van der Waals surface area contributed by atoms with Crippen LogP contribution in [0, 0.1) is 11.8 Å². The molecule has 0 radical (unpaired) electrons. The van der Waals surface area contributed by atoms with Gasteiger partial charge in [-0.1, -0.05) is 34.1 Å². The van der Waals surface area contributed by atoms with Gasteiger partial charge in [-0.05, 0) is 31.8 Å². The molecule has 74 valence electrons. The van der Waals surface area contributed by atoms with Gasteiger partial charge in [-0.3, -0.25) is 0 Å². The molecule has 1 heteroatoms. The second kappa shape index (κ2) is 6.47. The van der Waals surface area contributed by atoms with E-state index in [-0.39, 0.29) is 0 Å². The van der Waals surface area contributed by atoms with Crippen molar-refractivity contribution in [2.24, 2.45) is 11.8 Å². The van der Waals surface area contributed by atoms with Crippen molar-refractivity contribution in [3.05, 3.63) is 0 Å². The molecule has 0 saturated carbocycles. The molecule has 0 bridgehead atoms. The molecule has 0 spiro atoms. The first-order chi connectivity index (χ1) is 5.61.